The highest BCUT2D eigenvalue weighted by Gasteiger charge is 2.20. The molecule has 0 fully saturated rings. The van der Waals surface area contributed by atoms with Crippen molar-refractivity contribution in [2.75, 3.05) is 0 Å². The summed E-state index contributed by atoms with van der Waals surface area (Å²) < 4.78 is 6.55. The molecule has 116 valence electrons. The lowest BCUT2D eigenvalue weighted by Crippen LogP contribution is -2.09. The molecule has 2 aromatic heterocycles. The van der Waals surface area contributed by atoms with Gasteiger partial charge >= 0.3 is 8.05 Å². The molecule has 6 nitrogen and oxygen atoms in total. The summed E-state index contributed by atoms with van der Waals surface area (Å²) in [4.78, 5) is 8.91. The summed E-state index contributed by atoms with van der Waals surface area (Å²) >= 11 is 0. The van der Waals surface area contributed by atoms with E-state index >= 15 is 0 Å². The molecule has 0 N–H and O–H groups in total. The first-order valence-electron chi connectivity index (χ1n) is 7.18. The molecule has 2 rings (SSSR count). The highest BCUT2D eigenvalue weighted by Crippen LogP contribution is 2.25. The van der Waals surface area contributed by atoms with Crippen molar-refractivity contribution in [1.82, 2.24) is 19.7 Å². The summed E-state index contributed by atoms with van der Waals surface area (Å²) in [5.74, 6) is 0.159. The lowest BCUT2D eigenvalue weighted by Gasteiger charge is -2.14. The number of nitriles is 1. The minimum atomic E-state index is 0.159. The average Bonchev–Trinajstić information content (AvgIpc) is 2.76. The van der Waals surface area contributed by atoms with Gasteiger partial charge in [0.2, 0.25) is 0 Å². The summed E-state index contributed by atoms with van der Waals surface area (Å²) in [6, 6.07) is 2.12. The van der Waals surface area contributed by atoms with Crippen molar-refractivity contribution < 1.29 is 4.65 Å². The Balaban J connectivity index is 2.78. The molecule has 0 saturated carbocycles. The van der Waals surface area contributed by atoms with Crippen LogP contribution in [0.1, 0.15) is 39.7 Å². The smallest absolute Gasteiger partial charge is 0.374 e. The first kappa shape index (κ1) is 16.8. The van der Waals surface area contributed by atoms with Gasteiger partial charge in [0.1, 0.15) is 11.8 Å². The fraction of sp³-hybridized carbons (Fsp3) is 0.375. The second-order valence-electron chi connectivity index (χ2n) is 5.44. The first-order valence-corrected chi connectivity index (χ1v) is 7.18. The average molecular weight is 307 g/mol. The van der Waals surface area contributed by atoms with Gasteiger partial charge in [0.25, 0.3) is 0 Å². The third-order valence-corrected chi connectivity index (χ3v) is 4.00. The molecular weight excluding hydrogens is 289 g/mol. The van der Waals surface area contributed by atoms with Crippen LogP contribution in [-0.4, -0.2) is 27.8 Å². The summed E-state index contributed by atoms with van der Waals surface area (Å²) in [5, 5.41) is 14.0. The van der Waals surface area contributed by atoms with Gasteiger partial charge in [-0.25, -0.2) is 9.67 Å². The topological polar surface area (TPSA) is 76.6 Å². The molecule has 0 amide bonds. The number of hydrogen-bond donors (Lipinski definition) is 0. The van der Waals surface area contributed by atoms with E-state index in [9.17, 15) is 5.26 Å². The Morgan fingerprint density at radius 1 is 1.00 bits per heavy atom. The van der Waals surface area contributed by atoms with E-state index in [0.29, 0.717) is 11.4 Å². The Morgan fingerprint density at radius 2 is 1.61 bits per heavy atom. The molecule has 0 saturated heterocycles. The number of aromatic nitrogens is 4. The SMILES string of the molecule is [B]OC(=C(C#N)n1nc(C)c(C)c1C)c1nc(C)c(C)nc1C. The van der Waals surface area contributed by atoms with Crippen LogP contribution in [0.15, 0.2) is 0 Å². The zero-order chi connectivity index (χ0) is 17.3. The molecule has 0 spiro atoms. The Bertz CT molecular complexity index is 845. The molecular formula is C16H18BN5O. The minimum Gasteiger partial charge on any atom is -0.564 e. The zero-order valence-corrected chi connectivity index (χ0v) is 14.2. The quantitative estimate of drug-likeness (QED) is 0.494. The van der Waals surface area contributed by atoms with Gasteiger partial charge in [0.05, 0.1) is 22.8 Å². The maximum absolute atomic E-state index is 9.63. The van der Waals surface area contributed by atoms with E-state index in [1.807, 2.05) is 34.6 Å². The largest absolute Gasteiger partial charge is 0.564 e. The van der Waals surface area contributed by atoms with Crippen molar-refractivity contribution in [3.8, 4) is 6.07 Å². The number of hydrogen-bond acceptors (Lipinski definition) is 5. The van der Waals surface area contributed by atoms with Crippen LogP contribution in [0.5, 0.6) is 0 Å². The van der Waals surface area contributed by atoms with Crippen molar-refractivity contribution in [2.45, 2.75) is 41.5 Å². The number of aryl methyl sites for hydroxylation is 4. The predicted molar refractivity (Wildman–Crippen MR) is 88.2 cm³/mol. The molecule has 2 heterocycles. The maximum atomic E-state index is 9.63. The van der Waals surface area contributed by atoms with Crippen molar-refractivity contribution in [1.29, 1.82) is 5.26 Å². The summed E-state index contributed by atoms with van der Waals surface area (Å²) in [7, 11) is 5.45. The van der Waals surface area contributed by atoms with E-state index in [1.165, 1.54) is 4.68 Å². The third-order valence-electron chi connectivity index (χ3n) is 4.00. The molecule has 0 aliphatic rings. The Morgan fingerprint density at radius 3 is 2.09 bits per heavy atom. The van der Waals surface area contributed by atoms with Crippen LogP contribution in [0.3, 0.4) is 0 Å². The molecule has 7 heteroatoms. The van der Waals surface area contributed by atoms with Gasteiger partial charge in [-0.1, -0.05) is 0 Å². The normalized spacial score (nSPS) is 11.9. The second kappa shape index (κ2) is 6.25. The number of nitrogens with zero attached hydrogens (tertiary/aromatic N) is 5. The van der Waals surface area contributed by atoms with Crippen molar-refractivity contribution in [3.05, 3.63) is 39.7 Å². The van der Waals surface area contributed by atoms with E-state index in [-0.39, 0.29) is 11.5 Å². The molecule has 23 heavy (non-hydrogen) atoms. The van der Waals surface area contributed by atoms with Gasteiger partial charge < -0.3 is 4.65 Å². The second-order valence-corrected chi connectivity index (χ2v) is 5.44. The van der Waals surface area contributed by atoms with Crippen LogP contribution in [-0.2, 0) is 4.65 Å². The summed E-state index contributed by atoms with van der Waals surface area (Å²) in [5.41, 5.74) is 5.54. The van der Waals surface area contributed by atoms with Gasteiger partial charge in [-0.3, -0.25) is 4.98 Å². The molecule has 0 unspecified atom stereocenters. The highest BCUT2D eigenvalue weighted by atomic mass is 16.4. The van der Waals surface area contributed by atoms with E-state index in [0.717, 1.165) is 28.3 Å². The van der Waals surface area contributed by atoms with Gasteiger partial charge in [0, 0.05) is 5.69 Å². The van der Waals surface area contributed by atoms with Crippen molar-refractivity contribution >= 4 is 19.5 Å². The fourth-order valence-electron chi connectivity index (χ4n) is 2.29. The summed E-state index contributed by atoms with van der Waals surface area (Å²) in [6.07, 6.45) is 0. The van der Waals surface area contributed by atoms with Crippen LogP contribution in [0, 0.1) is 52.9 Å². The predicted octanol–water partition coefficient (Wildman–Crippen LogP) is 2.47. The molecule has 0 atom stereocenters. The van der Waals surface area contributed by atoms with Gasteiger partial charge in [-0.05, 0) is 47.1 Å². The maximum Gasteiger partial charge on any atom is 0.374 e. The van der Waals surface area contributed by atoms with Gasteiger partial charge in [-0.15, -0.1) is 0 Å². The number of allylic oxidation sites excluding steroid dienone is 1. The lowest BCUT2D eigenvalue weighted by atomic mass is 10.2. The van der Waals surface area contributed by atoms with Gasteiger partial charge in [-0.2, -0.15) is 10.4 Å². The monoisotopic (exact) mass is 307 g/mol. The molecule has 0 bridgehead atoms. The fourth-order valence-corrected chi connectivity index (χ4v) is 2.29. The standard InChI is InChI=1S/C16H18BN5O/c1-8-9(2)21-22(13(8)6)14(7-18)16(23-17)15-12(5)19-10(3)11(4)20-15/h1-6H3. The van der Waals surface area contributed by atoms with E-state index in [2.05, 4.69) is 21.1 Å². The van der Waals surface area contributed by atoms with Crippen molar-refractivity contribution in [2.24, 2.45) is 0 Å². The van der Waals surface area contributed by atoms with Crippen molar-refractivity contribution in [3.63, 3.8) is 0 Å². The van der Waals surface area contributed by atoms with Crippen LogP contribution in [0.4, 0.5) is 0 Å². The minimum absolute atomic E-state index is 0.159. The van der Waals surface area contributed by atoms with Crippen LogP contribution in [0.25, 0.3) is 11.5 Å². The molecule has 0 aliphatic heterocycles. The molecule has 0 aliphatic carbocycles. The Hall–Kier alpha value is -2.62. The summed E-state index contributed by atoms with van der Waals surface area (Å²) in [6.45, 7) is 11.3. The van der Waals surface area contributed by atoms with Crippen LogP contribution in [0.2, 0.25) is 0 Å². The first-order chi connectivity index (χ1) is 10.8. The molecule has 2 radical (unpaired) electrons. The Labute approximate surface area is 137 Å². The van der Waals surface area contributed by atoms with E-state index in [4.69, 9.17) is 12.7 Å². The molecule has 2 aromatic rings. The highest BCUT2D eigenvalue weighted by molar-refractivity contribution is 6.04. The van der Waals surface area contributed by atoms with Crippen LogP contribution >= 0.6 is 0 Å². The lowest BCUT2D eigenvalue weighted by molar-refractivity contribution is 0.563. The zero-order valence-electron chi connectivity index (χ0n) is 14.2. The third kappa shape index (κ3) is 2.84. The Kier molecular flexibility index (Phi) is 4.55. The van der Waals surface area contributed by atoms with E-state index < -0.39 is 0 Å². The number of rotatable bonds is 3. The van der Waals surface area contributed by atoms with Crippen LogP contribution < -0.4 is 0 Å². The molecule has 0 aromatic carbocycles. The van der Waals surface area contributed by atoms with Gasteiger partial charge in [0.15, 0.2) is 11.5 Å². The van der Waals surface area contributed by atoms with E-state index in [1.54, 1.807) is 6.92 Å².